The van der Waals surface area contributed by atoms with Gasteiger partial charge in [-0.3, -0.25) is 10.1 Å². The quantitative estimate of drug-likeness (QED) is 0.823. The Morgan fingerprint density at radius 3 is 2.70 bits per heavy atom. The van der Waals surface area contributed by atoms with Crippen LogP contribution in [0.1, 0.15) is 0 Å². The molecule has 1 amide bonds. The molecule has 1 saturated heterocycles. The molecule has 0 spiro atoms. The molecule has 0 bridgehead atoms. The van der Waals surface area contributed by atoms with Crippen molar-refractivity contribution in [3.05, 3.63) is 35.5 Å². The van der Waals surface area contributed by atoms with Crippen molar-refractivity contribution in [2.45, 2.75) is 6.04 Å². The van der Waals surface area contributed by atoms with Crippen LogP contribution in [-0.2, 0) is 4.79 Å². The molecule has 3 rings (SSSR count). The molecular weight excluding hydrogens is 276 g/mol. The van der Waals surface area contributed by atoms with Crippen LogP contribution in [0.4, 0.5) is 5.82 Å². The fourth-order valence-corrected chi connectivity index (χ4v) is 2.66. The number of nitrogens with one attached hydrogen (secondary N) is 1. The lowest BCUT2D eigenvalue weighted by molar-refractivity contribution is -0.132. The molecule has 2 aliphatic heterocycles. The molecule has 2 aliphatic rings. The van der Waals surface area contributed by atoms with Crippen LogP contribution in [0, 0.1) is 0 Å². The van der Waals surface area contributed by atoms with Gasteiger partial charge in [-0.25, -0.2) is 4.98 Å². The van der Waals surface area contributed by atoms with Crippen LogP contribution in [0.2, 0.25) is 5.02 Å². The predicted octanol–water partition coefficient (Wildman–Crippen LogP) is 0.912. The Labute approximate surface area is 123 Å². The fourth-order valence-electron chi connectivity index (χ4n) is 2.54. The summed E-state index contributed by atoms with van der Waals surface area (Å²) in [5.74, 6) is 1.09. The maximum atomic E-state index is 12.2. The van der Waals surface area contributed by atoms with Gasteiger partial charge in [-0.1, -0.05) is 23.8 Å². The van der Waals surface area contributed by atoms with Crippen molar-refractivity contribution >= 4 is 23.3 Å². The van der Waals surface area contributed by atoms with E-state index in [1.807, 2.05) is 29.2 Å². The maximum Gasteiger partial charge on any atom is 0.243 e. The van der Waals surface area contributed by atoms with Crippen LogP contribution < -0.4 is 10.2 Å². The summed E-state index contributed by atoms with van der Waals surface area (Å²) in [4.78, 5) is 20.7. The van der Waals surface area contributed by atoms with Crippen molar-refractivity contribution in [1.29, 1.82) is 0 Å². The van der Waals surface area contributed by atoms with E-state index in [-0.39, 0.29) is 11.9 Å². The van der Waals surface area contributed by atoms with Crippen molar-refractivity contribution in [3.63, 3.8) is 0 Å². The van der Waals surface area contributed by atoms with Crippen molar-refractivity contribution in [1.82, 2.24) is 15.2 Å². The summed E-state index contributed by atoms with van der Waals surface area (Å²) in [6.45, 7) is 3.85. The lowest BCUT2D eigenvalue weighted by Gasteiger charge is -2.36. The minimum Gasteiger partial charge on any atom is -0.353 e. The Morgan fingerprint density at radius 2 is 2.10 bits per heavy atom. The third kappa shape index (κ3) is 2.78. The van der Waals surface area contributed by atoms with Gasteiger partial charge in [0.15, 0.2) is 0 Å². The first kappa shape index (κ1) is 13.4. The molecule has 1 N–H and O–H groups in total. The first-order valence-electron chi connectivity index (χ1n) is 6.79. The van der Waals surface area contributed by atoms with Gasteiger partial charge in [0.25, 0.3) is 0 Å². The van der Waals surface area contributed by atoms with E-state index >= 15 is 0 Å². The molecule has 3 heterocycles. The van der Waals surface area contributed by atoms with E-state index in [1.165, 1.54) is 0 Å². The molecule has 106 valence electrons. The second-order valence-electron chi connectivity index (χ2n) is 4.96. The molecule has 5 nitrogen and oxygen atoms in total. The third-order valence-corrected chi connectivity index (χ3v) is 3.90. The number of nitrogens with zero attached hydrogens (tertiary/aromatic N) is 3. The minimum absolute atomic E-state index is 0.143. The number of anilines is 1. The molecule has 0 unspecified atom stereocenters. The summed E-state index contributed by atoms with van der Waals surface area (Å²) >= 11 is 5.84. The van der Waals surface area contributed by atoms with Crippen molar-refractivity contribution < 1.29 is 4.79 Å². The zero-order chi connectivity index (χ0) is 13.9. The molecular formula is C14H17ClN4O. The molecule has 6 heteroatoms. The van der Waals surface area contributed by atoms with Gasteiger partial charge < -0.3 is 9.80 Å². The van der Waals surface area contributed by atoms with Crippen LogP contribution in [0.3, 0.4) is 0 Å². The van der Waals surface area contributed by atoms with Crippen LogP contribution >= 0.6 is 11.6 Å². The summed E-state index contributed by atoms with van der Waals surface area (Å²) in [5.41, 5.74) is 0. The Balaban J connectivity index is 1.57. The molecule has 0 aliphatic carbocycles. The molecule has 0 radical (unpaired) electrons. The predicted molar refractivity (Wildman–Crippen MR) is 79.0 cm³/mol. The van der Waals surface area contributed by atoms with E-state index in [0.29, 0.717) is 5.02 Å². The van der Waals surface area contributed by atoms with Crippen LogP contribution in [-0.4, -0.2) is 54.6 Å². The van der Waals surface area contributed by atoms with Gasteiger partial charge in [-0.2, -0.15) is 0 Å². The normalized spacial score (nSPS) is 22.4. The Kier molecular flexibility index (Phi) is 3.89. The summed E-state index contributed by atoms with van der Waals surface area (Å²) in [6, 6.07) is 3.62. The summed E-state index contributed by atoms with van der Waals surface area (Å²) in [7, 11) is 0. The van der Waals surface area contributed by atoms with Gasteiger partial charge >= 0.3 is 0 Å². The van der Waals surface area contributed by atoms with Gasteiger partial charge in [0.2, 0.25) is 5.91 Å². The molecule has 1 aromatic heterocycles. The van der Waals surface area contributed by atoms with E-state index in [4.69, 9.17) is 11.6 Å². The highest BCUT2D eigenvalue weighted by Crippen LogP contribution is 2.16. The monoisotopic (exact) mass is 292 g/mol. The number of amides is 1. The maximum absolute atomic E-state index is 12.2. The van der Waals surface area contributed by atoms with Crippen molar-refractivity contribution in [3.8, 4) is 0 Å². The zero-order valence-corrected chi connectivity index (χ0v) is 11.9. The number of pyridine rings is 1. The number of rotatable bonds is 2. The van der Waals surface area contributed by atoms with Crippen LogP contribution in [0.5, 0.6) is 0 Å². The van der Waals surface area contributed by atoms with E-state index < -0.39 is 0 Å². The van der Waals surface area contributed by atoms with E-state index in [2.05, 4.69) is 15.2 Å². The fraction of sp³-hybridized carbons (Fsp3) is 0.429. The topological polar surface area (TPSA) is 48.5 Å². The van der Waals surface area contributed by atoms with Gasteiger partial charge in [0.05, 0.1) is 5.02 Å². The molecule has 1 fully saturated rings. The SMILES string of the molecule is O=C([C@H]1C=CCN1)N1CCN(c2ccc(Cl)cn2)CC1. The average Bonchev–Trinajstić information content (AvgIpc) is 3.02. The van der Waals surface area contributed by atoms with E-state index in [9.17, 15) is 4.79 Å². The molecule has 0 aromatic carbocycles. The number of piperazine rings is 1. The number of hydrogen-bond donors (Lipinski definition) is 1. The molecule has 20 heavy (non-hydrogen) atoms. The van der Waals surface area contributed by atoms with Gasteiger partial charge in [-0.05, 0) is 12.1 Å². The summed E-state index contributed by atoms with van der Waals surface area (Å²) in [5, 5.41) is 3.80. The molecule has 1 aromatic rings. The van der Waals surface area contributed by atoms with Gasteiger partial charge in [-0.15, -0.1) is 0 Å². The second kappa shape index (κ2) is 5.81. The Bertz CT molecular complexity index is 508. The second-order valence-corrected chi connectivity index (χ2v) is 5.40. The smallest absolute Gasteiger partial charge is 0.243 e. The number of carbonyl (C=O) groups is 1. The number of halogens is 1. The van der Waals surface area contributed by atoms with Crippen molar-refractivity contribution in [2.75, 3.05) is 37.6 Å². The lowest BCUT2D eigenvalue weighted by Crippen LogP contribution is -2.53. The minimum atomic E-state index is -0.143. The number of carbonyl (C=O) groups excluding carboxylic acids is 1. The first-order chi connectivity index (χ1) is 9.74. The Hall–Kier alpha value is -1.59. The van der Waals surface area contributed by atoms with Crippen molar-refractivity contribution in [2.24, 2.45) is 0 Å². The Morgan fingerprint density at radius 1 is 1.30 bits per heavy atom. The average molecular weight is 293 g/mol. The van der Waals surface area contributed by atoms with Gasteiger partial charge in [0, 0.05) is 38.9 Å². The molecule has 1 atom stereocenters. The largest absolute Gasteiger partial charge is 0.353 e. The highest BCUT2D eigenvalue weighted by molar-refractivity contribution is 6.30. The summed E-state index contributed by atoms with van der Waals surface area (Å²) in [6.07, 6.45) is 5.59. The van der Waals surface area contributed by atoms with E-state index in [1.54, 1.807) is 6.20 Å². The molecule has 0 saturated carbocycles. The van der Waals surface area contributed by atoms with Gasteiger partial charge in [0.1, 0.15) is 11.9 Å². The highest BCUT2D eigenvalue weighted by atomic mass is 35.5. The van der Waals surface area contributed by atoms with E-state index in [0.717, 1.165) is 38.5 Å². The van der Waals surface area contributed by atoms with Crippen LogP contribution in [0.15, 0.2) is 30.5 Å². The number of aromatic nitrogens is 1. The number of hydrogen-bond acceptors (Lipinski definition) is 4. The highest BCUT2D eigenvalue weighted by Gasteiger charge is 2.27. The third-order valence-electron chi connectivity index (χ3n) is 3.68. The summed E-state index contributed by atoms with van der Waals surface area (Å²) < 4.78 is 0. The first-order valence-corrected chi connectivity index (χ1v) is 7.17. The standard InChI is InChI=1S/C14H17ClN4O/c15-11-3-4-13(17-10-11)18-6-8-19(9-7-18)14(20)12-2-1-5-16-12/h1-4,10,12,16H,5-9H2/t12-/m1/s1. The zero-order valence-electron chi connectivity index (χ0n) is 11.1. The van der Waals surface area contributed by atoms with Crippen LogP contribution in [0.25, 0.3) is 0 Å². The lowest BCUT2D eigenvalue weighted by atomic mass is 10.2.